The van der Waals surface area contributed by atoms with Crippen LogP contribution in [0, 0.1) is 0 Å². The summed E-state index contributed by atoms with van der Waals surface area (Å²) in [7, 11) is 0. The summed E-state index contributed by atoms with van der Waals surface area (Å²) in [4.78, 5) is 24.6. The van der Waals surface area contributed by atoms with E-state index in [1.807, 2.05) is 30.3 Å². The number of benzene rings is 3. The number of hydrogen-bond donors (Lipinski definition) is 0. The van der Waals surface area contributed by atoms with Gasteiger partial charge in [0.15, 0.2) is 5.78 Å². The maximum Gasteiger partial charge on any atom is 0.343 e. The minimum absolute atomic E-state index is 0.0623. The van der Waals surface area contributed by atoms with Crippen LogP contribution >= 0.6 is 0 Å². The number of ether oxygens (including phenoxy) is 1. The molecule has 0 heterocycles. The number of ketones is 1. The highest BCUT2D eigenvalue weighted by Crippen LogP contribution is 2.18. The molecule has 3 rings (SSSR count). The Labute approximate surface area is 153 Å². The van der Waals surface area contributed by atoms with Gasteiger partial charge in [0.05, 0.1) is 5.56 Å². The van der Waals surface area contributed by atoms with Gasteiger partial charge in [0.25, 0.3) is 0 Å². The number of rotatable bonds is 5. The molecule has 0 fully saturated rings. The van der Waals surface area contributed by atoms with Gasteiger partial charge in [0.1, 0.15) is 5.75 Å². The summed E-state index contributed by atoms with van der Waals surface area (Å²) in [5.74, 6) is 0.345. The molecule has 130 valence electrons. The summed E-state index contributed by atoms with van der Waals surface area (Å²) in [6.07, 6.45) is 0. The fourth-order valence-electron chi connectivity index (χ4n) is 2.60. The summed E-state index contributed by atoms with van der Waals surface area (Å²) >= 11 is 0. The molecule has 0 saturated heterocycles. The second kappa shape index (κ2) is 7.79. The molecule has 0 aromatic heterocycles. The SMILES string of the molecule is CC(C)c1ccc(C(=O)Oc2ccc(C(=O)c3ccccc3)cc2)cc1. The van der Waals surface area contributed by atoms with Gasteiger partial charge in [-0.05, 0) is 47.9 Å². The summed E-state index contributed by atoms with van der Waals surface area (Å²) in [5.41, 5.74) is 2.85. The predicted molar refractivity (Wildman–Crippen MR) is 102 cm³/mol. The zero-order valence-corrected chi connectivity index (χ0v) is 14.8. The van der Waals surface area contributed by atoms with Crippen molar-refractivity contribution in [1.29, 1.82) is 0 Å². The van der Waals surface area contributed by atoms with Gasteiger partial charge in [-0.1, -0.05) is 56.3 Å². The molecular formula is C23H20O3. The highest BCUT2D eigenvalue weighted by atomic mass is 16.5. The van der Waals surface area contributed by atoms with Gasteiger partial charge in [-0.3, -0.25) is 4.79 Å². The van der Waals surface area contributed by atoms with E-state index in [0.29, 0.717) is 28.4 Å². The van der Waals surface area contributed by atoms with Crippen molar-refractivity contribution in [1.82, 2.24) is 0 Å². The number of carbonyl (C=O) groups excluding carboxylic acids is 2. The van der Waals surface area contributed by atoms with Crippen LogP contribution in [0.25, 0.3) is 0 Å². The normalized spacial score (nSPS) is 10.6. The maximum absolute atomic E-state index is 12.4. The highest BCUT2D eigenvalue weighted by molar-refractivity contribution is 6.09. The zero-order valence-electron chi connectivity index (χ0n) is 14.8. The van der Waals surface area contributed by atoms with Crippen molar-refractivity contribution < 1.29 is 14.3 Å². The van der Waals surface area contributed by atoms with Crippen LogP contribution in [0.5, 0.6) is 5.75 Å². The highest BCUT2D eigenvalue weighted by Gasteiger charge is 2.11. The molecule has 0 spiro atoms. The van der Waals surface area contributed by atoms with Crippen molar-refractivity contribution in [2.75, 3.05) is 0 Å². The Kier molecular flexibility index (Phi) is 5.28. The molecule has 3 heteroatoms. The Hall–Kier alpha value is -3.20. The molecule has 0 aliphatic rings. The first-order valence-electron chi connectivity index (χ1n) is 8.56. The van der Waals surface area contributed by atoms with E-state index in [4.69, 9.17) is 4.74 Å². The molecule has 0 aliphatic carbocycles. The van der Waals surface area contributed by atoms with Crippen LogP contribution in [-0.4, -0.2) is 11.8 Å². The lowest BCUT2D eigenvalue weighted by Crippen LogP contribution is -2.09. The average Bonchev–Trinajstić information content (AvgIpc) is 2.68. The van der Waals surface area contributed by atoms with Gasteiger partial charge in [0, 0.05) is 11.1 Å². The number of hydrogen-bond acceptors (Lipinski definition) is 3. The van der Waals surface area contributed by atoms with Gasteiger partial charge in [-0.2, -0.15) is 0 Å². The third-order valence-corrected chi connectivity index (χ3v) is 4.18. The fourth-order valence-corrected chi connectivity index (χ4v) is 2.60. The average molecular weight is 344 g/mol. The lowest BCUT2D eigenvalue weighted by Gasteiger charge is -2.08. The van der Waals surface area contributed by atoms with Crippen molar-refractivity contribution >= 4 is 11.8 Å². The Morgan fingerprint density at radius 3 is 1.81 bits per heavy atom. The molecule has 3 aromatic carbocycles. The minimum Gasteiger partial charge on any atom is -0.423 e. The Morgan fingerprint density at radius 2 is 1.23 bits per heavy atom. The van der Waals surface area contributed by atoms with Crippen molar-refractivity contribution in [2.45, 2.75) is 19.8 Å². The van der Waals surface area contributed by atoms with E-state index in [0.717, 1.165) is 0 Å². The Morgan fingerprint density at radius 1 is 0.692 bits per heavy atom. The Balaban J connectivity index is 1.69. The summed E-state index contributed by atoms with van der Waals surface area (Å²) in [6.45, 7) is 4.21. The van der Waals surface area contributed by atoms with Crippen molar-refractivity contribution in [3.05, 3.63) is 101 Å². The summed E-state index contributed by atoms with van der Waals surface area (Å²) < 4.78 is 5.39. The van der Waals surface area contributed by atoms with E-state index in [-0.39, 0.29) is 5.78 Å². The number of esters is 1. The first-order chi connectivity index (χ1) is 12.5. The topological polar surface area (TPSA) is 43.4 Å². The van der Waals surface area contributed by atoms with Crippen LogP contribution in [0.2, 0.25) is 0 Å². The lowest BCUT2D eigenvalue weighted by atomic mass is 10.0. The third-order valence-electron chi connectivity index (χ3n) is 4.18. The smallest absolute Gasteiger partial charge is 0.343 e. The van der Waals surface area contributed by atoms with Gasteiger partial charge in [0.2, 0.25) is 0 Å². The standard InChI is InChI=1S/C23H20O3/c1-16(2)17-8-10-20(11-9-17)23(25)26-21-14-12-19(13-15-21)22(24)18-6-4-3-5-7-18/h3-16H,1-2H3. The molecule has 3 nitrogen and oxygen atoms in total. The third kappa shape index (κ3) is 4.06. The van der Waals surface area contributed by atoms with E-state index < -0.39 is 5.97 Å². The van der Waals surface area contributed by atoms with E-state index in [1.54, 1.807) is 48.5 Å². The quantitative estimate of drug-likeness (QED) is 0.360. The predicted octanol–water partition coefficient (Wildman–Crippen LogP) is 5.26. The molecule has 0 amide bonds. The molecule has 0 N–H and O–H groups in total. The van der Waals surface area contributed by atoms with Gasteiger partial charge >= 0.3 is 5.97 Å². The molecule has 26 heavy (non-hydrogen) atoms. The zero-order chi connectivity index (χ0) is 18.5. The summed E-state index contributed by atoms with van der Waals surface area (Å²) in [6, 6.07) is 23.1. The molecular weight excluding hydrogens is 324 g/mol. The first-order valence-corrected chi connectivity index (χ1v) is 8.56. The largest absolute Gasteiger partial charge is 0.423 e. The first kappa shape index (κ1) is 17.6. The van der Waals surface area contributed by atoms with E-state index in [9.17, 15) is 9.59 Å². The Bertz CT molecular complexity index is 892. The van der Waals surface area contributed by atoms with Gasteiger partial charge in [-0.15, -0.1) is 0 Å². The van der Waals surface area contributed by atoms with E-state index in [2.05, 4.69) is 13.8 Å². The van der Waals surface area contributed by atoms with Crippen molar-refractivity contribution in [3.8, 4) is 5.75 Å². The second-order valence-electron chi connectivity index (χ2n) is 6.39. The van der Waals surface area contributed by atoms with Gasteiger partial charge < -0.3 is 4.74 Å². The molecule has 0 atom stereocenters. The fraction of sp³-hybridized carbons (Fsp3) is 0.130. The molecule has 0 unspecified atom stereocenters. The maximum atomic E-state index is 12.4. The molecule has 3 aromatic rings. The molecule has 0 saturated carbocycles. The van der Waals surface area contributed by atoms with Crippen LogP contribution in [0.3, 0.4) is 0 Å². The summed E-state index contributed by atoms with van der Waals surface area (Å²) in [5, 5.41) is 0. The van der Waals surface area contributed by atoms with Crippen molar-refractivity contribution in [3.63, 3.8) is 0 Å². The van der Waals surface area contributed by atoms with Crippen molar-refractivity contribution in [2.24, 2.45) is 0 Å². The molecule has 0 radical (unpaired) electrons. The molecule has 0 aliphatic heterocycles. The lowest BCUT2D eigenvalue weighted by molar-refractivity contribution is 0.0734. The second-order valence-corrected chi connectivity index (χ2v) is 6.39. The van der Waals surface area contributed by atoms with E-state index >= 15 is 0 Å². The molecule has 0 bridgehead atoms. The van der Waals surface area contributed by atoms with Crippen LogP contribution in [0.15, 0.2) is 78.9 Å². The van der Waals surface area contributed by atoms with Crippen LogP contribution in [0.1, 0.15) is 51.6 Å². The monoisotopic (exact) mass is 344 g/mol. The minimum atomic E-state index is -0.414. The van der Waals surface area contributed by atoms with E-state index in [1.165, 1.54) is 5.56 Å². The van der Waals surface area contributed by atoms with Gasteiger partial charge in [-0.25, -0.2) is 4.79 Å². The van der Waals surface area contributed by atoms with Crippen LogP contribution in [-0.2, 0) is 0 Å². The van der Waals surface area contributed by atoms with Crippen LogP contribution < -0.4 is 4.74 Å². The number of carbonyl (C=O) groups is 2. The van der Waals surface area contributed by atoms with Crippen LogP contribution in [0.4, 0.5) is 0 Å².